The Morgan fingerprint density at radius 1 is 1.07 bits per heavy atom. The molecule has 30 heavy (non-hydrogen) atoms. The van der Waals surface area contributed by atoms with Crippen molar-refractivity contribution >= 4 is 11.6 Å². The number of anilines is 1. The van der Waals surface area contributed by atoms with Crippen LogP contribution in [0.1, 0.15) is 38.8 Å². The third-order valence-electron chi connectivity index (χ3n) is 5.63. The molecule has 1 heterocycles. The molecule has 3 rings (SSSR count). The number of hydrogen-bond donors (Lipinski definition) is 2. The van der Waals surface area contributed by atoms with Crippen molar-refractivity contribution in [3.05, 3.63) is 60.2 Å². The molecule has 162 valence electrons. The summed E-state index contributed by atoms with van der Waals surface area (Å²) in [6.45, 7) is 11.4. The second-order valence-electron chi connectivity index (χ2n) is 8.47. The van der Waals surface area contributed by atoms with Crippen molar-refractivity contribution in [1.82, 2.24) is 5.32 Å². The second-order valence-corrected chi connectivity index (χ2v) is 8.47. The maximum atomic E-state index is 12.8. The Labute approximate surface area is 181 Å². The Morgan fingerprint density at radius 3 is 2.40 bits per heavy atom. The third-order valence-corrected chi connectivity index (χ3v) is 5.63. The van der Waals surface area contributed by atoms with E-state index >= 15 is 0 Å². The van der Waals surface area contributed by atoms with Crippen LogP contribution in [0.3, 0.4) is 0 Å². The number of para-hydroxylation sites is 2. The minimum Gasteiger partial charge on any atom is -0.492 e. The Hall–Kier alpha value is -2.53. The van der Waals surface area contributed by atoms with E-state index in [-0.39, 0.29) is 11.9 Å². The summed E-state index contributed by atoms with van der Waals surface area (Å²) in [5.41, 5.74) is 2.34. The average molecular weight is 411 g/mol. The molecule has 1 atom stereocenters. The molecule has 5 nitrogen and oxygen atoms in total. The van der Waals surface area contributed by atoms with E-state index in [1.807, 2.05) is 37.3 Å². The maximum absolute atomic E-state index is 12.8. The molecule has 1 aliphatic heterocycles. The van der Waals surface area contributed by atoms with Crippen LogP contribution in [0.4, 0.5) is 5.69 Å². The Kier molecular flexibility index (Phi) is 8.14. The predicted molar refractivity (Wildman–Crippen MR) is 122 cm³/mol. The fourth-order valence-electron chi connectivity index (χ4n) is 4.14. The van der Waals surface area contributed by atoms with Crippen LogP contribution in [0.2, 0.25) is 0 Å². The molecule has 0 aliphatic carbocycles. The number of nitrogens with one attached hydrogen (secondary N) is 2. The molecule has 1 saturated heterocycles. The third kappa shape index (κ3) is 6.23. The summed E-state index contributed by atoms with van der Waals surface area (Å²) in [5.74, 6) is 1.61. The predicted octanol–water partition coefficient (Wildman–Crippen LogP) is 2.69. The fraction of sp³-hybridized carbons (Fsp3) is 0.480. The molecule has 1 fully saturated rings. The number of quaternary nitrogens is 1. The number of piperazine rings is 1. The van der Waals surface area contributed by atoms with E-state index in [1.165, 1.54) is 10.5 Å². The average Bonchev–Trinajstić information content (AvgIpc) is 2.75. The summed E-state index contributed by atoms with van der Waals surface area (Å²) < 4.78 is 5.79. The van der Waals surface area contributed by atoms with Gasteiger partial charge in [-0.1, -0.05) is 56.3 Å². The van der Waals surface area contributed by atoms with Crippen LogP contribution in [0.5, 0.6) is 5.75 Å². The van der Waals surface area contributed by atoms with Gasteiger partial charge < -0.3 is 19.9 Å². The molecule has 0 unspecified atom stereocenters. The second kappa shape index (κ2) is 11.0. The van der Waals surface area contributed by atoms with Crippen molar-refractivity contribution in [3.8, 4) is 5.75 Å². The number of carbonyl (C=O) groups excluding carboxylic acids is 1. The lowest BCUT2D eigenvalue weighted by Crippen LogP contribution is -3.16. The highest BCUT2D eigenvalue weighted by molar-refractivity contribution is 5.77. The van der Waals surface area contributed by atoms with Crippen molar-refractivity contribution in [2.45, 2.75) is 33.2 Å². The standard InChI is InChI=1S/C25H35N3O2/c1-4-30-24-13-9-8-12-23(24)28-16-14-27(15-17-28)19-25(29)26-22(18-20(2)3)21-10-6-5-7-11-21/h5-13,20,22H,4,14-19H2,1-3H3,(H,26,29)/p+1/t22-/m0/s1. The largest absolute Gasteiger partial charge is 0.492 e. The topological polar surface area (TPSA) is 46.0 Å². The van der Waals surface area contributed by atoms with E-state index in [9.17, 15) is 4.79 Å². The van der Waals surface area contributed by atoms with Gasteiger partial charge in [-0.25, -0.2) is 0 Å². The van der Waals surface area contributed by atoms with E-state index in [0.717, 1.165) is 44.0 Å². The van der Waals surface area contributed by atoms with Crippen LogP contribution >= 0.6 is 0 Å². The first-order chi connectivity index (χ1) is 14.6. The first-order valence-corrected chi connectivity index (χ1v) is 11.2. The first-order valence-electron chi connectivity index (χ1n) is 11.2. The Morgan fingerprint density at radius 2 is 1.73 bits per heavy atom. The van der Waals surface area contributed by atoms with Crippen LogP contribution in [-0.2, 0) is 4.79 Å². The van der Waals surface area contributed by atoms with Gasteiger partial charge in [0.2, 0.25) is 0 Å². The minimum absolute atomic E-state index is 0.0810. The summed E-state index contributed by atoms with van der Waals surface area (Å²) in [6, 6.07) is 18.6. The number of hydrogen-bond acceptors (Lipinski definition) is 3. The molecule has 1 amide bonds. The van der Waals surface area contributed by atoms with Crippen molar-refractivity contribution in [3.63, 3.8) is 0 Å². The molecule has 5 heteroatoms. The highest BCUT2D eigenvalue weighted by atomic mass is 16.5. The van der Waals surface area contributed by atoms with Crippen LogP contribution in [-0.4, -0.2) is 45.2 Å². The molecular formula is C25H36N3O2+. The van der Waals surface area contributed by atoms with E-state index < -0.39 is 0 Å². The van der Waals surface area contributed by atoms with Crippen LogP contribution in [0.25, 0.3) is 0 Å². The lowest BCUT2D eigenvalue weighted by Gasteiger charge is -2.34. The summed E-state index contributed by atoms with van der Waals surface area (Å²) in [7, 11) is 0. The normalized spacial score (nSPS) is 15.8. The number of rotatable bonds is 9. The Bertz CT molecular complexity index is 786. The van der Waals surface area contributed by atoms with Gasteiger partial charge in [0.15, 0.2) is 6.54 Å². The van der Waals surface area contributed by atoms with E-state index in [0.29, 0.717) is 19.1 Å². The molecule has 0 aromatic heterocycles. The van der Waals surface area contributed by atoms with Gasteiger partial charge in [0.25, 0.3) is 5.91 Å². The number of ether oxygens (including phenoxy) is 1. The monoisotopic (exact) mass is 410 g/mol. The van der Waals surface area contributed by atoms with Gasteiger partial charge in [-0.15, -0.1) is 0 Å². The lowest BCUT2D eigenvalue weighted by atomic mass is 9.97. The lowest BCUT2D eigenvalue weighted by molar-refractivity contribution is -0.892. The number of nitrogens with zero attached hydrogens (tertiary/aromatic N) is 1. The highest BCUT2D eigenvalue weighted by Gasteiger charge is 2.25. The molecule has 0 bridgehead atoms. The highest BCUT2D eigenvalue weighted by Crippen LogP contribution is 2.27. The van der Waals surface area contributed by atoms with E-state index in [4.69, 9.17) is 4.74 Å². The van der Waals surface area contributed by atoms with Gasteiger partial charge in [0.05, 0.1) is 44.5 Å². The van der Waals surface area contributed by atoms with Gasteiger partial charge in [-0.05, 0) is 37.0 Å². The number of benzene rings is 2. The summed E-state index contributed by atoms with van der Waals surface area (Å²) in [6.07, 6.45) is 0.951. The fourth-order valence-corrected chi connectivity index (χ4v) is 4.14. The molecule has 0 radical (unpaired) electrons. The van der Waals surface area contributed by atoms with Crippen molar-refractivity contribution < 1.29 is 14.4 Å². The summed E-state index contributed by atoms with van der Waals surface area (Å²) in [5, 5.41) is 3.29. The van der Waals surface area contributed by atoms with Crippen LogP contribution < -0.4 is 19.9 Å². The van der Waals surface area contributed by atoms with Crippen LogP contribution in [0, 0.1) is 5.92 Å². The molecular weight excluding hydrogens is 374 g/mol. The quantitative estimate of drug-likeness (QED) is 0.668. The van der Waals surface area contributed by atoms with Crippen molar-refractivity contribution in [2.75, 3.05) is 44.2 Å². The van der Waals surface area contributed by atoms with Gasteiger partial charge >= 0.3 is 0 Å². The zero-order valence-electron chi connectivity index (χ0n) is 18.6. The van der Waals surface area contributed by atoms with Gasteiger partial charge in [-0.3, -0.25) is 4.79 Å². The first kappa shape index (κ1) is 22.2. The SMILES string of the molecule is CCOc1ccccc1N1CC[NH+](CC(=O)N[C@@H](CC(C)C)c2ccccc2)CC1. The molecule has 1 aliphatic rings. The zero-order chi connectivity index (χ0) is 21.3. The molecule has 2 N–H and O–H groups in total. The van der Waals surface area contributed by atoms with Gasteiger partial charge in [0.1, 0.15) is 5.75 Å². The summed E-state index contributed by atoms with van der Waals surface area (Å²) in [4.78, 5) is 16.5. The minimum atomic E-state index is 0.0810. The van der Waals surface area contributed by atoms with E-state index in [2.05, 4.69) is 48.3 Å². The van der Waals surface area contributed by atoms with Crippen molar-refractivity contribution in [2.24, 2.45) is 5.92 Å². The smallest absolute Gasteiger partial charge is 0.275 e. The molecule has 2 aromatic carbocycles. The number of carbonyl (C=O) groups is 1. The van der Waals surface area contributed by atoms with Crippen LogP contribution in [0.15, 0.2) is 54.6 Å². The van der Waals surface area contributed by atoms with Gasteiger partial charge in [0, 0.05) is 0 Å². The Balaban J connectivity index is 1.53. The van der Waals surface area contributed by atoms with Crippen molar-refractivity contribution in [1.29, 1.82) is 0 Å². The van der Waals surface area contributed by atoms with E-state index in [1.54, 1.807) is 0 Å². The molecule has 2 aromatic rings. The molecule has 0 saturated carbocycles. The maximum Gasteiger partial charge on any atom is 0.275 e. The number of amides is 1. The molecule has 0 spiro atoms. The van der Waals surface area contributed by atoms with Gasteiger partial charge in [-0.2, -0.15) is 0 Å². The summed E-state index contributed by atoms with van der Waals surface area (Å²) >= 11 is 0. The zero-order valence-corrected chi connectivity index (χ0v) is 18.6.